The molecule has 6 heteroatoms. The number of hydrogen-bond donors (Lipinski definition) is 0. The van der Waals surface area contributed by atoms with Crippen molar-refractivity contribution in [1.82, 2.24) is 0 Å². The van der Waals surface area contributed by atoms with Gasteiger partial charge in [0.1, 0.15) is 5.75 Å². The zero-order valence-electron chi connectivity index (χ0n) is 11.0. The molecule has 0 aliphatic carbocycles. The molecule has 112 valence electrons. The molecule has 0 bridgehead atoms. The van der Waals surface area contributed by atoms with Gasteiger partial charge in [0.15, 0.2) is 17.5 Å². The Morgan fingerprint density at radius 3 is 2.38 bits per heavy atom. The van der Waals surface area contributed by atoms with E-state index in [1.807, 2.05) is 6.92 Å². The molecule has 0 radical (unpaired) electrons. The Morgan fingerprint density at radius 2 is 1.76 bits per heavy atom. The van der Waals surface area contributed by atoms with Gasteiger partial charge in [0.25, 0.3) is 0 Å². The summed E-state index contributed by atoms with van der Waals surface area (Å²) in [4.78, 5) is 0. The fraction of sp³-hybridized carbons (Fsp3) is 0.200. The Balaban J connectivity index is 2.40. The van der Waals surface area contributed by atoms with E-state index in [0.717, 1.165) is 12.1 Å². The molecule has 0 aromatic heterocycles. The molecule has 0 spiro atoms. The van der Waals surface area contributed by atoms with Gasteiger partial charge in [0.2, 0.25) is 0 Å². The molecule has 0 saturated carbocycles. The molecule has 0 aliphatic heterocycles. The van der Waals surface area contributed by atoms with Crippen LogP contribution in [0, 0.1) is 17.5 Å². The third-order valence-electron chi connectivity index (χ3n) is 2.89. The van der Waals surface area contributed by atoms with Crippen molar-refractivity contribution in [3.63, 3.8) is 0 Å². The van der Waals surface area contributed by atoms with Gasteiger partial charge in [-0.05, 0) is 30.7 Å². The van der Waals surface area contributed by atoms with Crippen molar-refractivity contribution in [2.24, 2.45) is 0 Å². The maximum Gasteiger partial charge on any atom is 0.194 e. The van der Waals surface area contributed by atoms with Crippen LogP contribution in [0.2, 0.25) is 0 Å². The van der Waals surface area contributed by atoms with Crippen molar-refractivity contribution in [3.05, 3.63) is 63.4 Å². The average Bonchev–Trinajstić information content (AvgIpc) is 2.45. The Labute approximate surface area is 133 Å². The number of rotatable bonds is 4. The quantitative estimate of drug-likeness (QED) is 0.497. The van der Waals surface area contributed by atoms with Crippen LogP contribution < -0.4 is 4.74 Å². The first-order chi connectivity index (χ1) is 9.95. The Morgan fingerprint density at radius 1 is 1.10 bits per heavy atom. The Hall–Kier alpha value is -1.20. The molecule has 2 rings (SSSR count). The predicted molar refractivity (Wildman–Crippen MR) is 79.3 cm³/mol. The van der Waals surface area contributed by atoms with E-state index in [9.17, 15) is 13.2 Å². The van der Waals surface area contributed by atoms with E-state index < -0.39 is 22.8 Å². The minimum absolute atomic E-state index is 0.125. The van der Waals surface area contributed by atoms with Crippen LogP contribution in [0.15, 0.2) is 34.8 Å². The SMILES string of the molecule is CCOc1ccc(C(Cl)c2ccc(F)c(F)c2F)c(Br)c1. The fourth-order valence-corrected chi connectivity index (χ4v) is 2.95. The normalized spacial score (nSPS) is 12.3. The maximum atomic E-state index is 13.8. The smallest absolute Gasteiger partial charge is 0.194 e. The van der Waals surface area contributed by atoms with E-state index >= 15 is 0 Å². The van der Waals surface area contributed by atoms with Crippen LogP contribution in [0.25, 0.3) is 0 Å². The molecule has 2 aromatic rings. The number of hydrogen-bond acceptors (Lipinski definition) is 1. The van der Waals surface area contributed by atoms with E-state index in [-0.39, 0.29) is 5.56 Å². The van der Waals surface area contributed by atoms with Gasteiger partial charge in [-0.2, -0.15) is 0 Å². The molecule has 1 nitrogen and oxygen atoms in total. The molecule has 0 N–H and O–H groups in total. The minimum atomic E-state index is -1.53. The van der Waals surface area contributed by atoms with Gasteiger partial charge in [0.05, 0.1) is 12.0 Å². The van der Waals surface area contributed by atoms with Gasteiger partial charge in [-0.15, -0.1) is 11.6 Å². The molecule has 0 amide bonds. The van der Waals surface area contributed by atoms with Crippen molar-refractivity contribution < 1.29 is 17.9 Å². The van der Waals surface area contributed by atoms with Gasteiger partial charge in [-0.25, -0.2) is 13.2 Å². The van der Waals surface area contributed by atoms with Crippen molar-refractivity contribution >= 4 is 27.5 Å². The summed E-state index contributed by atoms with van der Waals surface area (Å²) in [5.41, 5.74) is 0.408. The summed E-state index contributed by atoms with van der Waals surface area (Å²) in [6.45, 7) is 2.36. The van der Waals surface area contributed by atoms with Crippen LogP contribution in [0.4, 0.5) is 13.2 Å². The predicted octanol–water partition coefficient (Wildman–Crippen LogP) is 5.59. The van der Waals surface area contributed by atoms with Gasteiger partial charge >= 0.3 is 0 Å². The fourth-order valence-electron chi connectivity index (χ4n) is 1.87. The largest absolute Gasteiger partial charge is 0.494 e. The number of benzene rings is 2. The van der Waals surface area contributed by atoms with E-state index in [2.05, 4.69) is 15.9 Å². The van der Waals surface area contributed by atoms with Gasteiger partial charge < -0.3 is 4.74 Å². The number of ether oxygens (including phenoxy) is 1. The molecular formula is C15H11BrClF3O. The van der Waals surface area contributed by atoms with Crippen LogP contribution in [0.5, 0.6) is 5.75 Å². The first-order valence-corrected chi connectivity index (χ1v) is 7.38. The monoisotopic (exact) mass is 378 g/mol. The third-order valence-corrected chi connectivity index (χ3v) is 4.05. The lowest BCUT2D eigenvalue weighted by Crippen LogP contribution is -2.02. The number of halogens is 5. The van der Waals surface area contributed by atoms with Crippen molar-refractivity contribution in [2.45, 2.75) is 12.3 Å². The first kappa shape index (κ1) is 16.2. The Kier molecular flexibility index (Phi) is 5.17. The van der Waals surface area contributed by atoms with Crippen LogP contribution in [-0.4, -0.2) is 6.61 Å². The molecule has 2 aromatic carbocycles. The first-order valence-electron chi connectivity index (χ1n) is 6.15. The molecule has 0 saturated heterocycles. The van der Waals surface area contributed by atoms with Crippen molar-refractivity contribution in [2.75, 3.05) is 6.61 Å². The summed E-state index contributed by atoms with van der Waals surface area (Å²) >= 11 is 9.51. The zero-order valence-corrected chi connectivity index (χ0v) is 13.3. The van der Waals surface area contributed by atoms with E-state index in [1.165, 1.54) is 0 Å². The molecule has 0 fully saturated rings. The lowest BCUT2D eigenvalue weighted by atomic mass is 10.0. The summed E-state index contributed by atoms with van der Waals surface area (Å²) in [7, 11) is 0. The summed E-state index contributed by atoms with van der Waals surface area (Å²) < 4.78 is 46.0. The molecule has 1 unspecified atom stereocenters. The van der Waals surface area contributed by atoms with Gasteiger partial charge in [-0.1, -0.05) is 28.1 Å². The van der Waals surface area contributed by atoms with E-state index in [0.29, 0.717) is 22.4 Å². The topological polar surface area (TPSA) is 9.23 Å². The van der Waals surface area contributed by atoms with Crippen LogP contribution in [0.1, 0.15) is 23.4 Å². The van der Waals surface area contributed by atoms with Crippen LogP contribution in [0.3, 0.4) is 0 Å². The highest BCUT2D eigenvalue weighted by Gasteiger charge is 2.22. The van der Waals surface area contributed by atoms with Gasteiger partial charge in [0, 0.05) is 10.0 Å². The highest BCUT2D eigenvalue weighted by molar-refractivity contribution is 9.10. The second-order valence-corrected chi connectivity index (χ2v) is 5.53. The standard InChI is InChI=1S/C15H11BrClF3O/c1-2-21-8-3-4-9(11(16)7-8)13(17)10-5-6-12(18)15(20)14(10)19/h3-7,13H,2H2,1H3. The Bertz CT molecular complexity index is 664. The van der Waals surface area contributed by atoms with Gasteiger partial charge in [-0.3, -0.25) is 0 Å². The lowest BCUT2D eigenvalue weighted by Gasteiger charge is -2.15. The number of alkyl halides is 1. The molecule has 21 heavy (non-hydrogen) atoms. The summed E-state index contributed by atoms with van der Waals surface area (Å²) in [6, 6.07) is 7.00. The summed E-state index contributed by atoms with van der Waals surface area (Å²) in [6.07, 6.45) is 0. The highest BCUT2D eigenvalue weighted by Crippen LogP contribution is 2.37. The summed E-state index contributed by atoms with van der Waals surface area (Å²) in [5, 5.41) is -0.954. The molecule has 0 heterocycles. The van der Waals surface area contributed by atoms with Crippen LogP contribution in [-0.2, 0) is 0 Å². The molecule has 0 aliphatic rings. The summed E-state index contributed by atoms with van der Waals surface area (Å²) in [5.74, 6) is -3.43. The van der Waals surface area contributed by atoms with E-state index in [1.54, 1.807) is 18.2 Å². The zero-order chi connectivity index (χ0) is 15.6. The van der Waals surface area contributed by atoms with Crippen LogP contribution >= 0.6 is 27.5 Å². The van der Waals surface area contributed by atoms with Crippen molar-refractivity contribution in [3.8, 4) is 5.75 Å². The second-order valence-electron chi connectivity index (χ2n) is 4.24. The maximum absolute atomic E-state index is 13.8. The van der Waals surface area contributed by atoms with Crippen molar-refractivity contribution in [1.29, 1.82) is 0 Å². The second kappa shape index (κ2) is 6.71. The molecular weight excluding hydrogens is 369 g/mol. The molecule has 1 atom stereocenters. The average molecular weight is 380 g/mol. The lowest BCUT2D eigenvalue weighted by molar-refractivity contribution is 0.340. The minimum Gasteiger partial charge on any atom is -0.494 e. The highest BCUT2D eigenvalue weighted by atomic mass is 79.9. The van der Waals surface area contributed by atoms with E-state index in [4.69, 9.17) is 16.3 Å². The third kappa shape index (κ3) is 3.35.